The molecule has 2 amide bonds. The van der Waals surface area contributed by atoms with Crippen LogP contribution in [0.15, 0.2) is 4.90 Å². The maximum absolute atomic E-state index is 13.3. The third-order valence-electron chi connectivity index (χ3n) is 5.76. The first kappa shape index (κ1) is 23.4. The van der Waals surface area contributed by atoms with E-state index < -0.39 is 58.4 Å². The van der Waals surface area contributed by atoms with Crippen LogP contribution in [-0.2, 0) is 32.5 Å². The van der Waals surface area contributed by atoms with E-state index in [1.54, 1.807) is 0 Å². The third-order valence-corrected chi connectivity index (χ3v) is 8.73. The molecule has 32 heavy (non-hydrogen) atoms. The number of carbonyl (C=O) groups is 2. The summed E-state index contributed by atoms with van der Waals surface area (Å²) in [6.45, 7) is 0. The van der Waals surface area contributed by atoms with Gasteiger partial charge in [-0.2, -0.15) is 13.2 Å². The fourth-order valence-corrected chi connectivity index (χ4v) is 7.11. The van der Waals surface area contributed by atoms with E-state index in [0.29, 0.717) is 4.88 Å². The molecule has 7 nitrogen and oxygen atoms in total. The van der Waals surface area contributed by atoms with Gasteiger partial charge in [-0.3, -0.25) is 9.59 Å². The quantitative estimate of drug-likeness (QED) is 0.521. The summed E-state index contributed by atoms with van der Waals surface area (Å²) < 4.78 is 92.9. The van der Waals surface area contributed by atoms with Gasteiger partial charge in [-0.05, 0) is 44.1 Å². The number of sulfonamides is 1. The number of carbonyl (C=O) groups excluding carboxylic acids is 2. The van der Waals surface area contributed by atoms with Crippen molar-refractivity contribution in [3.05, 3.63) is 10.4 Å². The fourth-order valence-electron chi connectivity index (χ4n) is 3.88. The van der Waals surface area contributed by atoms with Crippen molar-refractivity contribution in [2.45, 2.75) is 74.0 Å². The minimum Gasteiger partial charge on any atom is -0.345 e. The van der Waals surface area contributed by atoms with Crippen molar-refractivity contribution < 1.29 is 40.0 Å². The lowest BCUT2D eigenvalue weighted by Crippen LogP contribution is -2.46. The van der Waals surface area contributed by atoms with Crippen LogP contribution in [0.1, 0.15) is 36.1 Å². The summed E-state index contributed by atoms with van der Waals surface area (Å²) in [6, 6.07) is -1.60. The Morgan fingerprint density at radius 2 is 1.72 bits per heavy atom. The molecule has 0 unspecified atom stereocenters. The van der Waals surface area contributed by atoms with Crippen LogP contribution in [-0.4, -0.2) is 50.8 Å². The Morgan fingerprint density at radius 3 is 2.28 bits per heavy atom. The highest BCUT2D eigenvalue weighted by atomic mass is 32.2. The van der Waals surface area contributed by atoms with E-state index >= 15 is 0 Å². The van der Waals surface area contributed by atoms with Crippen molar-refractivity contribution in [2.24, 2.45) is 5.92 Å². The summed E-state index contributed by atoms with van der Waals surface area (Å²) in [7, 11) is -4.27. The predicted octanol–water partition coefficient (Wildman–Crippen LogP) is 2.36. The molecule has 0 saturated heterocycles. The number of halogens is 5. The third kappa shape index (κ3) is 4.76. The predicted molar refractivity (Wildman–Crippen MR) is 104 cm³/mol. The first-order valence-corrected chi connectivity index (χ1v) is 12.3. The molecule has 0 bridgehead atoms. The number of alkyl halides is 5. The highest BCUT2D eigenvalue weighted by Crippen LogP contribution is 2.43. The SMILES string of the molecule is O=C(Nc1sc2c(c1S(=O)(=O)NC1CC(F)C1)C[C@@H](NC(=O)C(F)(F)F)CC2)[C@H]1C[C@@H]1F. The average molecular weight is 501 g/mol. The maximum atomic E-state index is 13.3. The molecule has 178 valence electrons. The summed E-state index contributed by atoms with van der Waals surface area (Å²) >= 11 is 0.961. The van der Waals surface area contributed by atoms with Crippen LogP contribution in [0.25, 0.3) is 0 Å². The van der Waals surface area contributed by atoms with E-state index in [1.807, 2.05) is 5.32 Å². The van der Waals surface area contributed by atoms with Gasteiger partial charge in [0, 0.05) is 17.0 Å². The van der Waals surface area contributed by atoms with Crippen molar-refractivity contribution in [1.82, 2.24) is 10.0 Å². The van der Waals surface area contributed by atoms with Gasteiger partial charge in [0.15, 0.2) is 0 Å². The Morgan fingerprint density at radius 1 is 1.06 bits per heavy atom. The Hall–Kier alpha value is -1.80. The number of amides is 2. The van der Waals surface area contributed by atoms with E-state index in [2.05, 4.69) is 10.0 Å². The monoisotopic (exact) mass is 501 g/mol. The molecular weight excluding hydrogens is 481 g/mol. The van der Waals surface area contributed by atoms with Crippen LogP contribution < -0.4 is 15.4 Å². The van der Waals surface area contributed by atoms with Crippen molar-refractivity contribution in [2.75, 3.05) is 5.32 Å². The Labute approximate surface area is 184 Å². The van der Waals surface area contributed by atoms with Crippen molar-refractivity contribution in [3.8, 4) is 0 Å². The van der Waals surface area contributed by atoms with Gasteiger partial charge in [0.2, 0.25) is 15.9 Å². The number of hydrogen-bond donors (Lipinski definition) is 3. The molecule has 1 aromatic rings. The Bertz CT molecular complexity index is 1040. The first-order valence-electron chi connectivity index (χ1n) is 9.98. The number of fused-ring (bicyclic) bond motifs is 1. The topological polar surface area (TPSA) is 104 Å². The van der Waals surface area contributed by atoms with Crippen molar-refractivity contribution >= 4 is 38.2 Å². The van der Waals surface area contributed by atoms with Gasteiger partial charge in [0.05, 0.1) is 5.92 Å². The second-order valence-corrected chi connectivity index (χ2v) is 11.1. The van der Waals surface area contributed by atoms with E-state index in [4.69, 9.17) is 0 Å². The average Bonchev–Trinajstić information content (AvgIpc) is 3.27. The molecule has 3 aliphatic carbocycles. The van der Waals surface area contributed by atoms with Gasteiger partial charge in [-0.1, -0.05) is 0 Å². The van der Waals surface area contributed by atoms with E-state index in [9.17, 15) is 40.0 Å². The lowest BCUT2D eigenvalue weighted by atomic mass is 9.92. The summed E-state index contributed by atoms with van der Waals surface area (Å²) in [5, 5.41) is 4.26. The maximum Gasteiger partial charge on any atom is 0.471 e. The van der Waals surface area contributed by atoms with Crippen LogP contribution >= 0.6 is 11.3 Å². The minimum absolute atomic E-state index is 0.0108. The first-order chi connectivity index (χ1) is 14.8. The van der Waals surface area contributed by atoms with Crippen LogP contribution in [0.4, 0.5) is 27.0 Å². The molecule has 3 atom stereocenters. The van der Waals surface area contributed by atoms with Gasteiger partial charge in [0.25, 0.3) is 0 Å². The second kappa shape index (κ2) is 8.20. The zero-order valence-electron chi connectivity index (χ0n) is 16.5. The van der Waals surface area contributed by atoms with E-state index in [0.717, 1.165) is 11.3 Å². The van der Waals surface area contributed by atoms with Gasteiger partial charge in [-0.25, -0.2) is 21.9 Å². The second-order valence-electron chi connectivity index (χ2n) is 8.31. The van der Waals surface area contributed by atoms with Gasteiger partial charge in [-0.15, -0.1) is 11.3 Å². The van der Waals surface area contributed by atoms with Gasteiger partial charge >= 0.3 is 12.1 Å². The smallest absolute Gasteiger partial charge is 0.345 e. The van der Waals surface area contributed by atoms with Crippen LogP contribution in [0.3, 0.4) is 0 Å². The standard InChI is InChI=1S/C18H20F5N3O4S2/c19-7-3-9(4-7)26-32(29,30)14-11-5-8(24-17(28)18(21,22)23)1-2-13(11)31-16(14)25-15(27)10-6-12(10)20/h7-10,12,26H,1-6H2,(H,24,28)(H,25,27)/t7?,8-,9?,10-,12-/m0/s1. The molecule has 1 heterocycles. The molecule has 0 aliphatic heterocycles. The molecule has 4 rings (SSSR count). The van der Waals surface area contributed by atoms with Crippen LogP contribution in [0, 0.1) is 5.92 Å². The molecule has 14 heteroatoms. The highest BCUT2D eigenvalue weighted by Gasteiger charge is 2.45. The molecule has 1 aromatic heterocycles. The molecule has 3 aliphatic rings. The fraction of sp³-hybridized carbons (Fsp3) is 0.667. The molecule has 2 fully saturated rings. The zero-order chi connectivity index (χ0) is 23.4. The van der Waals surface area contributed by atoms with Crippen LogP contribution in [0.2, 0.25) is 0 Å². The molecule has 2 saturated carbocycles. The summed E-state index contributed by atoms with van der Waals surface area (Å²) in [5.41, 5.74) is 0.195. The van der Waals surface area contributed by atoms with Crippen LogP contribution in [0.5, 0.6) is 0 Å². The summed E-state index contributed by atoms with van der Waals surface area (Å²) in [4.78, 5) is 23.8. The Kier molecular flexibility index (Phi) is 5.99. The molecule has 0 aromatic carbocycles. The normalized spacial score (nSPS) is 29.6. The number of nitrogens with one attached hydrogen (secondary N) is 3. The summed E-state index contributed by atoms with van der Waals surface area (Å²) in [5.74, 6) is -3.68. The number of thiophene rings is 1. The minimum atomic E-state index is -5.08. The molecule has 0 radical (unpaired) electrons. The molecular formula is C18H20F5N3O4S2. The Balaban J connectivity index is 1.62. The highest BCUT2D eigenvalue weighted by molar-refractivity contribution is 7.90. The van der Waals surface area contributed by atoms with Crippen molar-refractivity contribution in [3.63, 3.8) is 0 Å². The van der Waals surface area contributed by atoms with E-state index in [1.165, 1.54) is 0 Å². The lowest BCUT2D eigenvalue weighted by Gasteiger charge is -2.30. The van der Waals surface area contributed by atoms with Gasteiger partial charge in [0.1, 0.15) is 22.2 Å². The number of anilines is 1. The lowest BCUT2D eigenvalue weighted by molar-refractivity contribution is -0.174. The number of aryl methyl sites for hydroxylation is 1. The largest absolute Gasteiger partial charge is 0.471 e. The number of rotatable bonds is 6. The number of hydrogen-bond acceptors (Lipinski definition) is 5. The van der Waals surface area contributed by atoms with Gasteiger partial charge < -0.3 is 10.6 Å². The molecule has 0 spiro atoms. The zero-order valence-corrected chi connectivity index (χ0v) is 18.1. The molecule has 3 N–H and O–H groups in total. The van der Waals surface area contributed by atoms with E-state index in [-0.39, 0.29) is 54.0 Å². The van der Waals surface area contributed by atoms with Crippen molar-refractivity contribution in [1.29, 1.82) is 0 Å². The summed E-state index contributed by atoms with van der Waals surface area (Å²) in [6.07, 6.45) is -7.35.